The van der Waals surface area contributed by atoms with Gasteiger partial charge in [0.1, 0.15) is 5.82 Å². The second kappa shape index (κ2) is 7.54. The van der Waals surface area contributed by atoms with Crippen molar-refractivity contribution in [3.05, 3.63) is 80.4 Å². The molecule has 126 valence electrons. The zero-order valence-electron chi connectivity index (χ0n) is 13.3. The van der Waals surface area contributed by atoms with E-state index in [1.807, 2.05) is 0 Å². The Morgan fingerprint density at radius 1 is 1.25 bits per heavy atom. The van der Waals surface area contributed by atoms with Gasteiger partial charge in [-0.2, -0.15) is 0 Å². The molecule has 2 aromatic rings. The zero-order valence-corrected chi connectivity index (χ0v) is 13.3. The lowest BCUT2D eigenvalue weighted by Crippen LogP contribution is -2.35. The molecule has 0 saturated heterocycles. The summed E-state index contributed by atoms with van der Waals surface area (Å²) in [5, 5.41) is 0. The van der Waals surface area contributed by atoms with Crippen molar-refractivity contribution in [1.29, 1.82) is 0 Å². The number of hydrogen-bond donors (Lipinski definition) is 2. The van der Waals surface area contributed by atoms with Gasteiger partial charge in [-0.15, -0.1) is 6.58 Å². The fourth-order valence-electron chi connectivity index (χ4n) is 2.32. The molecule has 0 fully saturated rings. The van der Waals surface area contributed by atoms with Gasteiger partial charge in [0.15, 0.2) is 0 Å². The fourth-order valence-corrected chi connectivity index (χ4v) is 2.32. The minimum atomic E-state index is -0.608. The third kappa shape index (κ3) is 4.28. The van der Waals surface area contributed by atoms with Crippen LogP contribution in [-0.2, 0) is 17.8 Å². The molecule has 0 saturated carbocycles. The number of nitrogens with zero attached hydrogens (tertiary/aromatic N) is 1. The van der Waals surface area contributed by atoms with Crippen molar-refractivity contribution in [2.75, 3.05) is 6.54 Å². The molecule has 0 aliphatic carbocycles. The van der Waals surface area contributed by atoms with E-state index < -0.39 is 11.2 Å². The third-order valence-corrected chi connectivity index (χ3v) is 3.57. The van der Waals surface area contributed by atoms with Crippen molar-refractivity contribution in [2.24, 2.45) is 0 Å². The van der Waals surface area contributed by atoms with Gasteiger partial charge in [0.05, 0.1) is 6.42 Å². The number of halogens is 1. The summed E-state index contributed by atoms with van der Waals surface area (Å²) in [6.45, 7) is 5.75. The van der Waals surface area contributed by atoms with E-state index in [-0.39, 0.29) is 36.8 Å². The standard InChI is InChI=1S/C17H18FN3O3/c1-3-8-21(10-12-4-6-13(18)7-5-12)15(22)9-14-11(2)19-17(24)20-16(14)23/h3-7H,1,8-10H2,2H3,(H2,19,20,23,24). The highest BCUT2D eigenvalue weighted by atomic mass is 19.1. The Kier molecular flexibility index (Phi) is 5.47. The van der Waals surface area contributed by atoms with Crippen LogP contribution in [0.2, 0.25) is 0 Å². The van der Waals surface area contributed by atoms with Crippen LogP contribution in [0.4, 0.5) is 4.39 Å². The minimum absolute atomic E-state index is 0.146. The maximum atomic E-state index is 13.0. The number of H-pyrrole nitrogens is 2. The van der Waals surface area contributed by atoms with E-state index in [1.54, 1.807) is 25.1 Å². The molecular formula is C17H18FN3O3. The molecule has 6 nitrogen and oxygen atoms in total. The van der Waals surface area contributed by atoms with Gasteiger partial charge in [-0.05, 0) is 24.6 Å². The molecule has 2 rings (SSSR count). The van der Waals surface area contributed by atoms with Gasteiger partial charge in [-0.25, -0.2) is 9.18 Å². The number of aromatic nitrogens is 2. The number of amides is 1. The number of carbonyl (C=O) groups is 1. The smallest absolute Gasteiger partial charge is 0.325 e. The Labute approximate surface area is 137 Å². The second-order valence-electron chi connectivity index (χ2n) is 5.38. The average Bonchev–Trinajstić information content (AvgIpc) is 2.52. The van der Waals surface area contributed by atoms with Crippen LogP contribution in [0, 0.1) is 12.7 Å². The van der Waals surface area contributed by atoms with E-state index in [9.17, 15) is 18.8 Å². The molecule has 1 aromatic carbocycles. The van der Waals surface area contributed by atoms with Crippen LogP contribution in [0.3, 0.4) is 0 Å². The molecule has 0 unspecified atom stereocenters. The topological polar surface area (TPSA) is 86.0 Å². The number of hydrogen-bond acceptors (Lipinski definition) is 3. The van der Waals surface area contributed by atoms with Crippen LogP contribution in [0.25, 0.3) is 0 Å². The van der Waals surface area contributed by atoms with Crippen molar-refractivity contribution >= 4 is 5.91 Å². The van der Waals surface area contributed by atoms with Crippen molar-refractivity contribution in [3.8, 4) is 0 Å². The van der Waals surface area contributed by atoms with Crippen LogP contribution in [0.1, 0.15) is 16.8 Å². The highest BCUT2D eigenvalue weighted by molar-refractivity contribution is 5.79. The molecule has 1 heterocycles. The van der Waals surface area contributed by atoms with E-state index in [0.717, 1.165) is 5.56 Å². The van der Waals surface area contributed by atoms with Crippen LogP contribution >= 0.6 is 0 Å². The number of aromatic amines is 2. The lowest BCUT2D eigenvalue weighted by Gasteiger charge is -2.21. The predicted octanol–water partition coefficient (Wildman–Crippen LogP) is 1.27. The predicted molar refractivity (Wildman–Crippen MR) is 88.1 cm³/mol. The second-order valence-corrected chi connectivity index (χ2v) is 5.38. The van der Waals surface area contributed by atoms with Crippen molar-refractivity contribution in [2.45, 2.75) is 19.9 Å². The Morgan fingerprint density at radius 2 is 1.92 bits per heavy atom. The van der Waals surface area contributed by atoms with Gasteiger partial charge < -0.3 is 9.88 Å². The number of aryl methyl sites for hydroxylation is 1. The molecule has 0 spiro atoms. The van der Waals surface area contributed by atoms with Crippen LogP contribution in [0.5, 0.6) is 0 Å². The highest BCUT2D eigenvalue weighted by Gasteiger charge is 2.17. The van der Waals surface area contributed by atoms with Crippen LogP contribution in [0.15, 0.2) is 46.5 Å². The molecule has 2 N–H and O–H groups in total. The maximum Gasteiger partial charge on any atom is 0.325 e. The van der Waals surface area contributed by atoms with Gasteiger partial charge in [-0.3, -0.25) is 14.6 Å². The van der Waals surface area contributed by atoms with E-state index in [2.05, 4.69) is 16.5 Å². The summed E-state index contributed by atoms with van der Waals surface area (Å²) in [5.41, 5.74) is 0.150. The van der Waals surface area contributed by atoms with E-state index >= 15 is 0 Å². The monoisotopic (exact) mass is 331 g/mol. The van der Waals surface area contributed by atoms with Gasteiger partial charge in [0.2, 0.25) is 5.91 Å². The Hall–Kier alpha value is -2.96. The normalized spacial score (nSPS) is 10.4. The van der Waals surface area contributed by atoms with Crippen molar-refractivity contribution in [1.82, 2.24) is 14.9 Å². The molecule has 7 heteroatoms. The van der Waals surface area contributed by atoms with Crippen molar-refractivity contribution in [3.63, 3.8) is 0 Å². The first-order valence-corrected chi connectivity index (χ1v) is 7.36. The lowest BCUT2D eigenvalue weighted by atomic mass is 10.1. The summed E-state index contributed by atoms with van der Waals surface area (Å²) >= 11 is 0. The number of benzene rings is 1. The number of carbonyl (C=O) groups excluding carboxylic acids is 1. The first-order valence-electron chi connectivity index (χ1n) is 7.36. The summed E-state index contributed by atoms with van der Waals surface area (Å²) in [5.74, 6) is -0.643. The summed E-state index contributed by atoms with van der Waals surface area (Å²) in [7, 11) is 0. The Bertz CT molecular complexity index is 853. The third-order valence-electron chi connectivity index (χ3n) is 3.57. The molecule has 0 radical (unpaired) electrons. The molecule has 1 amide bonds. The molecule has 0 atom stereocenters. The first-order chi connectivity index (χ1) is 11.4. The molecule has 1 aromatic heterocycles. The molecular weight excluding hydrogens is 313 g/mol. The zero-order chi connectivity index (χ0) is 17.7. The number of rotatable bonds is 6. The molecule has 0 aliphatic heterocycles. The fraction of sp³-hybridized carbons (Fsp3) is 0.235. The first kappa shape index (κ1) is 17.4. The molecule has 0 aliphatic rings. The quantitative estimate of drug-likeness (QED) is 0.782. The minimum Gasteiger partial charge on any atom is -0.334 e. The SMILES string of the molecule is C=CCN(Cc1ccc(F)cc1)C(=O)Cc1c(C)[nH]c(=O)[nH]c1=O. The average molecular weight is 331 g/mol. The maximum absolute atomic E-state index is 13.0. The lowest BCUT2D eigenvalue weighted by molar-refractivity contribution is -0.130. The Morgan fingerprint density at radius 3 is 2.50 bits per heavy atom. The Balaban J connectivity index is 2.20. The van der Waals surface area contributed by atoms with E-state index in [1.165, 1.54) is 17.0 Å². The summed E-state index contributed by atoms with van der Waals surface area (Å²) < 4.78 is 13.0. The molecule has 24 heavy (non-hydrogen) atoms. The van der Waals surface area contributed by atoms with Gasteiger partial charge in [-0.1, -0.05) is 18.2 Å². The van der Waals surface area contributed by atoms with Crippen LogP contribution in [-0.4, -0.2) is 27.3 Å². The summed E-state index contributed by atoms with van der Waals surface area (Å²) in [4.78, 5) is 41.7. The van der Waals surface area contributed by atoms with Gasteiger partial charge in [0, 0.05) is 24.3 Å². The highest BCUT2D eigenvalue weighted by Crippen LogP contribution is 2.09. The van der Waals surface area contributed by atoms with Gasteiger partial charge in [0.25, 0.3) is 5.56 Å². The summed E-state index contributed by atoms with van der Waals surface area (Å²) in [6, 6.07) is 5.83. The van der Waals surface area contributed by atoms with Gasteiger partial charge >= 0.3 is 5.69 Å². The molecule has 0 bridgehead atoms. The van der Waals surface area contributed by atoms with Crippen LogP contribution < -0.4 is 11.2 Å². The number of nitrogens with one attached hydrogen (secondary N) is 2. The summed E-state index contributed by atoms with van der Waals surface area (Å²) in [6.07, 6.45) is 1.43. The largest absolute Gasteiger partial charge is 0.334 e. The van der Waals surface area contributed by atoms with E-state index in [0.29, 0.717) is 5.69 Å². The van der Waals surface area contributed by atoms with E-state index in [4.69, 9.17) is 0 Å². The van der Waals surface area contributed by atoms with Crippen molar-refractivity contribution < 1.29 is 9.18 Å².